The first-order valence-corrected chi connectivity index (χ1v) is 8.57. The van der Waals surface area contributed by atoms with Crippen LogP contribution in [0.2, 0.25) is 0 Å². The summed E-state index contributed by atoms with van der Waals surface area (Å²) in [5.41, 5.74) is -0.587. The highest BCUT2D eigenvalue weighted by atomic mass is 79.9. The predicted octanol–water partition coefficient (Wildman–Crippen LogP) is -0.565. The number of carbonyl (C=O) groups is 2. The van der Waals surface area contributed by atoms with Gasteiger partial charge in [0.05, 0.1) is 37.5 Å². The van der Waals surface area contributed by atoms with Crippen molar-refractivity contribution in [2.24, 2.45) is 0 Å². The molecule has 1 aliphatic rings. The summed E-state index contributed by atoms with van der Waals surface area (Å²) in [6.45, 7) is 0.293. The van der Waals surface area contributed by atoms with E-state index in [1.165, 1.54) is 25.6 Å². The Balaban J connectivity index is 2.09. The molecule has 1 fully saturated rings. The van der Waals surface area contributed by atoms with Gasteiger partial charge in [0, 0.05) is 0 Å². The molecule has 0 bridgehead atoms. The molecular formula is C15H18BrNO12. The molecule has 29 heavy (non-hydrogen) atoms. The third-order valence-electron chi connectivity index (χ3n) is 3.67. The van der Waals surface area contributed by atoms with Crippen LogP contribution in [0, 0.1) is 0 Å². The average Bonchev–Trinajstić information content (AvgIpc) is 2.62. The summed E-state index contributed by atoms with van der Waals surface area (Å²) in [6, 6.07) is 2.28. The molecule has 0 atom stereocenters. The van der Waals surface area contributed by atoms with Gasteiger partial charge >= 0.3 is 18.2 Å². The summed E-state index contributed by atoms with van der Waals surface area (Å²) in [4.78, 5) is 30.9. The number of hydrogen-bond acceptors (Lipinski definition) is 12. The van der Waals surface area contributed by atoms with Crippen molar-refractivity contribution in [3.05, 3.63) is 22.2 Å². The van der Waals surface area contributed by atoms with Gasteiger partial charge in [-0.3, -0.25) is 5.32 Å². The van der Waals surface area contributed by atoms with Gasteiger partial charge in [0.15, 0.2) is 6.10 Å². The Kier molecular flexibility index (Phi) is 7.10. The maximum absolute atomic E-state index is 11.6. The van der Waals surface area contributed by atoms with Crippen LogP contribution in [0.4, 0.5) is 9.59 Å². The van der Waals surface area contributed by atoms with Gasteiger partial charge in [-0.15, -0.1) is 0 Å². The van der Waals surface area contributed by atoms with Gasteiger partial charge < -0.3 is 39.4 Å². The lowest BCUT2D eigenvalue weighted by Crippen LogP contribution is -2.63. The van der Waals surface area contributed by atoms with E-state index in [2.05, 4.69) is 30.4 Å². The fourth-order valence-electron chi connectivity index (χ4n) is 2.08. The van der Waals surface area contributed by atoms with E-state index in [4.69, 9.17) is 14.2 Å². The van der Waals surface area contributed by atoms with E-state index in [9.17, 15) is 30.0 Å². The summed E-state index contributed by atoms with van der Waals surface area (Å²) in [6.07, 6.45) is -3.72. The number of methoxy groups -OCH3 is 2. The summed E-state index contributed by atoms with van der Waals surface area (Å²) in [5, 5.41) is 42.0. The molecule has 0 aromatic heterocycles. The van der Waals surface area contributed by atoms with Crippen molar-refractivity contribution >= 4 is 28.2 Å². The molecule has 1 saturated heterocycles. The average molecular weight is 484 g/mol. The van der Waals surface area contributed by atoms with Crippen LogP contribution in [0.3, 0.4) is 0 Å². The minimum absolute atomic E-state index is 0.0812. The molecule has 0 radical (unpaired) electrons. The second kappa shape index (κ2) is 8.98. The van der Waals surface area contributed by atoms with E-state index >= 15 is 0 Å². The van der Waals surface area contributed by atoms with E-state index in [0.29, 0.717) is 4.47 Å². The van der Waals surface area contributed by atoms with Crippen LogP contribution in [0.25, 0.3) is 0 Å². The number of nitrogens with one attached hydrogen (secondary N) is 1. The fourth-order valence-corrected chi connectivity index (χ4v) is 2.56. The molecule has 13 nitrogen and oxygen atoms in total. The summed E-state index contributed by atoms with van der Waals surface area (Å²) in [5.74, 6) is -7.38. The zero-order valence-electron chi connectivity index (χ0n) is 15.1. The Labute approximate surface area is 171 Å². The predicted molar refractivity (Wildman–Crippen MR) is 92.3 cm³/mol. The largest absolute Gasteiger partial charge is 0.550 e. The van der Waals surface area contributed by atoms with Crippen molar-refractivity contribution in [3.8, 4) is 11.5 Å². The number of amides is 1. The van der Waals surface area contributed by atoms with E-state index in [0.717, 1.165) is 6.07 Å². The summed E-state index contributed by atoms with van der Waals surface area (Å²) in [7, 11) is 2.46. The van der Waals surface area contributed by atoms with E-state index < -0.39 is 35.6 Å². The second-order valence-electron chi connectivity index (χ2n) is 5.64. The Hall–Kier alpha value is -2.36. The first kappa shape index (κ1) is 22.9. The molecule has 1 heterocycles. The van der Waals surface area contributed by atoms with Crippen LogP contribution in [0.1, 0.15) is 5.56 Å². The molecule has 5 N–H and O–H groups in total. The molecule has 14 heteroatoms. The SMILES string of the molecule is COc1cc(C(O)(O)C(O)(O)NC(=O)OOC(=O)OC2COC2)c(OC)cc1Br. The molecule has 1 aromatic carbocycles. The first-order valence-electron chi connectivity index (χ1n) is 7.78. The zero-order chi connectivity index (χ0) is 21.8. The van der Waals surface area contributed by atoms with Gasteiger partial charge in [0.25, 0.3) is 5.79 Å². The lowest BCUT2D eigenvalue weighted by atomic mass is 10.0. The molecule has 0 unspecified atom stereocenters. The van der Waals surface area contributed by atoms with Crippen molar-refractivity contribution < 1.29 is 58.7 Å². The summed E-state index contributed by atoms with van der Waals surface area (Å²) < 4.78 is 19.7. The lowest BCUT2D eigenvalue weighted by molar-refractivity contribution is -0.377. The Morgan fingerprint density at radius 1 is 1.10 bits per heavy atom. The Morgan fingerprint density at radius 3 is 2.24 bits per heavy atom. The van der Waals surface area contributed by atoms with Crippen molar-refractivity contribution in [2.75, 3.05) is 27.4 Å². The number of halogens is 1. The topological polar surface area (TPSA) is 182 Å². The normalized spacial score (nSPS) is 14.4. The Bertz CT molecular complexity index is 764. The van der Waals surface area contributed by atoms with Crippen LogP contribution < -0.4 is 14.8 Å². The van der Waals surface area contributed by atoms with Gasteiger partial charge in [-0.1, -0.05) is 0 Å². The minimum atomic E-state index is -3.73. The van der Waals surface area contributed by atoms with Crippen molar-refractivity contribution in [1.82, 2.24) is 5.32 Å². The Morgan fingerprint density at radius 2 is 1.72 bits per heavy atom. The highest BCUT2D eigenvalue weighted by molar-refractivity contribution is 9.10. The third-order valence-corrected chi connectivity index (χ3v) is 4.29. The van der Waals surface area contributed by atoms with Gasteiger partial charge in [-0.05, 0) is 28.1 Å². The number of ether oxygens (including phenoxy) is 4. The molecule has 0 spiro atoms. The van der Waals surface area contributed by atoms with Crippen molar-refractivity contribution in [1.29, 1.82) is 0 Å². The van der Waals surface area contributed by atoms with Gasteiger partial charge in [0.1, 0.15) is 11.5 Å². The van der Waals surface area contributed by atoms with Crippen LogP contribution in [-0.4, -0.2) is 72.1 Å². The summed E-state index contributed by atoms with van der Waals surface area (Å²) >= 11 is 3.15. The molecule has 1 aliphatic heterocycles. The van der Waals surface area contributed by atoms with E-state index in [1.807, 2.05) is 0 Å². The lowest BCUT2D eigenvalue weighted by Gasteiger charge is -2.35. The number of aliphatic hydroxyl groups is 4. The monoisotopic (exact) mass is 483 g/mol. The molecule has 0 aliphatic carbocycles. The van der Waals surface area contributed by atoms with Gasteiger partial charge in [-0.25, -0.2) is 14.6 Å². The van der Waals surface area contributed by atoms with Crippen LogP contribution >= 0.6 is 15.9 Å². The van der Waals surface area contributed by atoms with Crippen LogP contribution in [0.15, 0.2) is 16.6 Å². The maximum atomic E-state index is 11.6. The fraction of sp³-hybridized carbons (Fsp3) is 0.467. The molecule has 2 rings (SSSR count). The zero-order valence-corrected chi connectivity index (χ0v) is 16.7. The third kappa shape index (κ3) is 5.17. The maximum Gasteiger partial charge on any atom is 0.550 e. The highest BCUT2D eigenvalue weighted by Gasteiger charge is 2.53. The highest BCUT2D eigenvalue weighted by Crippen LogP contribution is 2.40. The molecule has 162 valence electrons. The number of rotatable bonds is 6. The quantitative estimate of drug-likeness (QED) is 0.150. The molecule has 0 saturated carbocycles. The first-order chi connectivity index (χ1) is 13.5. The van der Waals surface area contributed by atoms with Crippen molar-refractivity contribution in [3.63, 3.8) is 0 Å². The molecule has 1 amide bonds. The molecular weight excluding hydrogens is 466 g/mol. The van der Waals surface area contributed by atoms with Crippen molar-refractivity contribution in [2.45, 2.75) is 17.8 Å². The number of hydrogen-bond donors (Lipinski definition) is 5. The number of carbonyl (C=O) groups excluding carboxylic acids is 2. The van der Waals surface area contributed by atoms with Gasteiger partial charge in [-0.2, -0.15) is 4.79 Å². The minimum Gasteiger partial charge on any atom is -0.496 e. The van der Waals surface area contributed by atoms with Crippen LogP contribution in [0.5, 0.6) is 11.5 Å². The van der Waals surface area contributed by atoms with Crippen LogP contribution in [-0.2, 0) is 25.0 Å². The molecule has 1 aromatic rings. The standard InChI is InChI=1S/C15H18BrNO12/c1-24-10-4-9(16)11(25-2)3-8(10)14(20,21)15(22,23)17-12(18)28-29-13(19)27-7-5-26-6-7/h3-4,7,20-23H,5-6H2,1-2H3,(H,17,18). The smallest absolute Gasteiger partial charge is 0.496 e. The number of benzene rings is 1. The second-order valence-corrected chi connectivity index (χ2v) is 6.49. The van der Waals surface area contributed by atoms with E-state index in [-0.39, 0.29) is 24.7 Å². The van der Waals surface area contributed by atoms with Gasteiger partial charge in [0.2, 0.25) is 0 Å². The van der Waals surface area contributed by atoms with E-state index in [1.54, 1.807) is 0 Å².